The molecule has 1 fully saturated rings. The van der Waals surface area contributed by atoms with Crippen molar-refractivity contribution in [1.82, 2.24) is 5.32 Å². The van der Waals surface area contributed by atoms with Gasteiger partial charge in [-0.25, -0.2) is 13.6 Å². The van der Waals surface area contributed by atoms with Crippen LogP contribution in [0.1, 0.15) is 19.3 Å². The van der Waals surface area contributed by atoms with Crippen LogP contribution < -0.4 is 15.8 Å². The molecule has 0 aromatic heterocycles. The van der Waals surface area contributed by atoms with Crippen LogP contribution in [0, 0.1) is 0 Å². The lowest BCUT2D eigenvalue weighted by atomic mass is 10.1. The van der Waals surface area contributed by atoms with Crippen LogP contribution >= 0.6 is 0 Å². The van der Waals surface area contributed by atoms with E-state index in [2.05, 4.69) is 10.6 Å². The molecule has 1 saturated heterocycles. The molecular formula is C12H17N3O3S. The number of nitrogens with one attached hydrogen (secondary N) is 2. The van der Waals surface area contributed by atoms with Crippen molar-refractivity contribution in [2.24, 2.45) is 5.14 Å². The van der Waals surface area contributed by atoms with E-state index >= 15 is 0 Å². The number of nitrogens with two attached hydrogens (primary N) is 1. The van der Waals surface area contributed by atoms with E-state index < -0.39 is 10.0 Å². The van der Waals surface area contributed by atoms with Crippen LogP contribution in [0.25, 0.3) is 0 Å². The first-order valence-corrected chi connectivity index (χ1v) is 7.66. The Hall–Kier alpha value is -1.44. The molecule has 0 radical (unpaired) electrons. The highest BCUT2D eigenvalue weighted by Gasteiger charge is 2.17. The van der Waals surface area contributed by atoms with E-state index in [1.807, 2.05) is 0 Å². The summed E-state index contributed by atoms with van der Waals surface area (Å²) in [6.45, 7) is 0.959. The van der Waals surface area contributed by atoms with Gasteiger partial charge in [-0.15, -0.1) is 0 Å². The molecule has 1 heterocycles. The van der Waals surface area contributed by atoms with Crippen molar-refractivity contribution in [3.8, 4) is 0 Å². The summed E-state index contributed by atoms with van der Waals surface area (Å²) in [7, 11) is -3.69. The highest BCUT2D eigenvalue weighted by Crippen LogP contribution is 2.14. The van der Waals surface area contributed by atoms with Crippen LogP contribution in [0.5, 0.6) is 0 Å². The van der Waals surface area contributed by atoms with Crippen LogP contribution in [0.4, 0.5) is 5.69 Å². The summed E-state index contributed by atoms with van der Waals surface area (Å²) in [6, 6.07) is 6.04. The molecule has 0 aliphatic carbocycles. The van der Waals surface area contributed by atoms with Gasteiger partial charge in [-0.3, -0.25) is 4.79 Å². The summed E-state index contributed by atoms with van der Waals surface area (Å²) in [5.74, 6) is -0.0808. The first-order valence-electron chi connectivity index (χ1n) is 6.11. The molecular weight excluding hydrogens is 266 g/mol. The normalized spacial score (nSPS) is 19.3. The lowest BCUT2D eigenvalue weighted by Gasteiger charge is -2.10. The number of benzene rings is 1. The largest absolute Gasteiger partial charge is 0.326 e. The molecule has 0 bridgehead atoms. The minimum atomic E-state index is -3.69. The fourth-order valence-electron chi connectivity index (χ4n) is 2.09. The van der Waals surface area contributed by atoms with Crippen molar-refractivity contribution in [1.29, 1.82) is 0 Å². The van der Waals surface area contributed by atoms with Gasteiger partial charge in [0.05, 0.1) is 4.90 Å². The predicted octanol–water partition coefficient (Wildman–Crippen LogP) is 0.415. The number of amides is 1. The zero-order valence-electron chi connectivity index (χ0n) is 10.4. The van der Waals surface area contributed by atoms with E-state index in [0.717, 1.165) is 19.4 Å². The first kappa shape index (κ1) is 14.0. The second kappa shape index (κ2) is 5.68. The van der Waals surface area contributed by atoms with Gasteiger partial charge in [0, 0.05) is 18.2 Å². The zero-order chi connectivity index (χ0) is 13.9. The molecule has 1 unspecified atom stereocenters. The summed E-state index contributed by atoms with van der Waals surface area (Å²) < 4.78 is 22.2. The molecule has 4 N–H and O–H groups in total. The molecule has 104 valence electrons. The minimum Gasteiger partial charge on any atom is -0.326 e. The number of sulfonamides is 1. The number of anilines is 1. The van der Waals surface area contributed by atoms with Crippen LogP contribution in [0.2, 0.25) is 0 Å². The topological polar surface area (TPSA) is 101 Å². The Bertz CT molecular complexity index is 548. The standard InChI is InChI=1S/C12H17N3O3S/c13-19(17,18)11-5-3-9(4-6-11)15-12(16)8-10-2-1-7-14-10/h3-6,10,14H,1-2,7-8H2,(H,15,16)(H2,13,17,18). The van der Waals surface area contributed by atoms with Gasteiger partial charge in [-0.1, -0.05) is 0 Å². The summed E-state index contributed by atoms with van der Waals surface area (Å²) in [5, 5.41) is 11.0. The second-order valence-electron chi connectivity index (χ2n) is 4.61. The Balaban J connectivity index is 1.93. The van der Waals surface area contributed by atoms with Gasteiger partial charge >= 0.3 is 0 Å². The molecule has 2 rings (SSSR count). The first-order chi connectivity index (χ1) is 8.95. The smallest absolute Gasteiger partial charge is 0.238 e. The van der Waals surface area contributed by atoms with Crippen molar-refractivity contribution in [3.63, 3.8) is 0 Å². The molecule has 0 saturated carbocycles. The summed E-state index contributed by atoms with van der Waals surface area (Å²) >= 11 is 0. The number of carbonyl (C=O) groups excluding carboxylic acids is 1. The molecule has 19 heavy (non-hydrogen) atoms. The minimum absolute atomic E-state index is 0.0305. The number of carbonyl (C=O) groups is 1. The van der Waals surface area contributed by atoms with E-state index in [1.54, 1.807) is 0 Å². The van der Waals surface area contributed by atoms with Crippen molar-refractivity contribution in [2.75, 3.05) is 11.9 Å². The molecule has 1 amide bonds. The molecule has 1 aromatic carbocycles. The lowest BCUT2D eigenvalue weighted by Crippen LogP contribution is -2.27. The average Bonchev–Trinajstić information content (AvgIpc) is 2.81. The van der Waals surface area contributed by atoms with E-state index in [4.69, 9.17) is 5.14 Å². The molecule has 1 aliphatic rings. The summed E-state index contributed by atoms with van der Waals surface area (Å²) in [5.41, 5.74) is 0.565. The van der Waals surface area contributed by atoms with Crippen molar-refractivity contribution >= 4 is 21.6 Å². The van der Waals surface area contributed by atoms with E-state index in [1.165, 1.54) is 24.3 Å². The van der Waals surface area contributed by atoms with Crippen LogP contribution in [-0.2, 0) is 14.8 Å². The average molecular weight is 283 g/mol. The maximum atomic E-state index is 11.8. The SMILES string of the molecule is NS(=O)(=O)c1ccc(NC(=O)CC2CCCN2)cc1. The Kier molecular flexibility index (Phi) is 4.18. The van der Waals surface area contributed by atoms with Crippen LogP contribution in [-0.4, -0.2) is 26.9 Å². The third kappa shape index (κ3) is 4.02. The van der Waals surface area contributed by atoms with E-state index in [-0.39, 0.29) is 16.8 Å². The third-order valence-corrected chi connectivity index (χ3v) is 3.99. The van der Waals surface area contributed by atoms with Gasteiger partial charge in [0.2, 0.25) is 15.9 Å². The van der Waals surface area contributed by atoms with Crippen molar-refractivity contribution in [3.05, 3.63) is 24.3 Å². The number of primary sulfonamides is 1. The van der Waals surface area contributed by atoms with E-state index in [9.17, 15) is 13.2 Å². The maximum Gasteiger partial charge on any atom is 0.238 e. The lowest BCUT2D eigenvalue weighted by molar-refractivity contribution is -0.116. The highest BCUT2D eigenvalue weighted by molar-refractivity contribution is 7.89. The van der Waals surface area contributed by atoms with Gasteiger partial charge in [0.25, 0.3) is 0 Å². The Morgan fingerprint density at radius 3 is 2.58 bits per heavy atom. The highest BCUT2D eigenvalue weighted by atomic mass is 32.2. The summed E-state index contributed by atoms with van der Waals surface area (Å²) in [4.78, 5) is 11.8. The van der Waals surface area contributed by atoms with Crippen LogP contribution in [0.15, 0.2) is 29.2 Å². The van der Waals surface area contributed by atoms with Gasteiger partial charge in [0.15, 0.2) is 0 Å². The fraction of sp³-hybridized carbons (Fsp3) is 0.417. The third-order valence-electron chi connectivity index (χ3n) is 3.06. The van der Waals surface area contributed by atoms with Crippen LogP contribution in [0.3, 0.4) is 0 Å². The Morgan fingerprint density at radius 2 is 2.05 bits per heavy atom. The molecule has 7 heteroatoms. The van der Waals surface area contributed by atoms with Gasteiger partial charge in [-0.05, 0) is 43.7 Å². The molecule has 1 aromatic rings. The Labute approximate surface area is 112 Å². The van der Waals surface area contributed by atoms with Crippen molar-refractivity contribution < 1.29 is 13.2 Å². The second-order valence-corrected chi connectivity index (χ2v) is 6.18. The molecule has 1 aliphatic heterocycles. The van der Waals surface area contributed by atoms with E-state index in [0.29, 0.717) is 12.1 Å². The fourth-order valence-corrected chi connectivity index (χ4v) is 2.61. The monoisotopic (exact) mass is 283 g/mol. The van der Waals surface area contributed by atoms with Crippen molar-refractivity contribution in [2.45, 2.75) is 30.2 Å². The van der Waals surface area contributed by atoms with Gasteiger partial charge in [-0.2, -0.15) is 0 Å². The molecule has 0 spiro atoms. The number of rotatable bonds is 4. The Morgan fingerprint density at radius 1 is 1.37 bits per heavy atom. The van der Waals surface area contributed by atoms with Gasteiger partial charge < -0.3 is 10.6 Å². The number of hydrogen-bond donors (Lipinski definition) is 3. The molecule has 6 nitrogen and oxygen atoms in total. The quantitative estimate of drug-likeness (QED) is 0.745. The zero-order valence-corrected chi connectivity index (χ0v) is 11.2. The van der Waals surface area contributed by atoms with Gasteiger partial charge in [0.1, 0.15) is 0 Å². The molecule has 1 atom stereocenters. The predicted molar refractivity (Wildman–Crippen MR) is 72.1 cm³/mol. The number of hydrogen-bond acceptors (Lipinski definition) is 4. The maximum absolute atomic E-state index is 11.8. The summed E-state index contributed by atoms with van der Waals surface area (Å²) in [6.07, 6.45) is 2.54.